The molecule has 162 valence electrons. The summed E-state index contributed by atoms with van der Waals surface area (Å²) in [6.45, 7) is 8.92. The summed E-state index contributed by atoms with van der Waals surface area (Å²) < 4.78 is 5.60. The minimum atomic E-state index is -0.727. The van der Waals surface area contributed by atoms with Gasteiger partial charge in [-0.15, -0.1) is 0 Å². The zero-order chi connectivity index (χ0) is 21.0. The standard InChI is InChI=1S/C22H35N3O4/c1-4-5-10-25-20(27)19(13-16(2)3)23-21(28)22(25)8-11-24(12-9-22)14-17-6-7-18(15-26)29-17/h6-7,16,19,26H,4-5,8-15H2,1-3H3,(H,23,28). The van der Waals surface area contributed by atoms with Crippen LogP contribution in [0.1, 0.15) is 64.4 Å². The Morgan fingerprint density at radius 1 is 1.24 bits per heavy atom. The van der Waals surface area contributed by atoms with Gasteiger partial charge in [0, 0.05) is 19.6 Å². The molecule has 7 nitrogen and oxygen atoms in total. The zero-order valence-corrected chi connectivity index (χ0v) is 17.9. The van der Waals surface area contributed by atoms with Gasteiger partial charge in [-0.25, -0.2) is 0 Å². The Balaban J connectivity index is 1.71. The van der Waals surface area contributed by atoms with Crippen molar-refractivity contribution < 1.29 is 19.1 Å². The summed E-state index contributed by atoms with van der Waals surface area (Å²) in [6.07, 6.45) is 3.86. The van der Waals surface area contributed by atoms with E-state index in [2.05, 4.69) is 31.0 Å². The van der Waals surface area contributed by atoms with Crippen LogP contribution in [0.15, 0.2) is 16.5 Å². The average Bonchev–Trinajstić information content (AvgIpc) is 3.15. The van der Waals surface area contributed by atoms with E-state index in [-0.39, 0.29) is 18.4 Å². The predicted octanol–water partition coefficient (Wildman–Crippen LogP) is 2.28. The maximum Gasteiger partial charge on any atom is 0.246 e. The second-order valence-electron chi connectivity index (χ2n) is 8.83. The van der Waals surface area contributed by atoms with Crippen molar-refractivity contribution in [2.45, 2.75) is 77.6 Å². The zero-order valence-electron chi connectivity index (χ0n) is 17.9. The van der Waals surface area contributed by atoms with Gasteiger partial charge in [-0.3, -0.25) is 14.5 Å². The van der Waals surface area contributed by atoms with Gasteiger partial charge in [-0.05, 0) is 43.7 Å². The maximum absolute atomic E-state index is 13.3. The second-order valence-corrected chi connectivity index (χ2v) is 8.83. The average molecular weight is 406 g/mol. The highest BCUT2D eigenvalue weighted by Crippen LogP contribution is 2.34. The van der Waals surface area contributed by atoms with Crippen molar-refractivity contribution >= 4 is 11.8 Å². The van der Waals surface area contributed by atoms with Crippen LogP contribution >= 0.6 is 0 Å². The molecule has 1 unspecified atom stereocenters. The lowest BCUT2D eigenvalue weighted by molar-refractivity contribution is -0.161. The normalized spacial score (nSPS) is 22.5. The topological polar surface area (TPSA) is 86.0 Å². The van der Waals surface area contributed by atoms with Crippen LogP contribution in [-0.4, -0.2) is 57.9 Å². The number of carbonyl (C=O) groups excluding carboxylic acids is 2. The molecular weight excluding hydrogens is 370 g/mol. The third-order valence-corrected chi connectivity index (χ3v) is 6.19. The fourth-order valence-corrected chi connectivity index (χ4v) is 4.54. The number of nitrogens with one attached hydrogen (secondary N) is 1. The van der Waals surface area contributed by atoms with Gasteiger partial charge in [0.05, 0.1) is 6.54 Å². The van der Waals surface area contributed by atoms with Gasteiger partial charge in [0.2, 0.25) is 11.8 Å². The Morgan fingerprint density at radius 2 is 1.93 bits per heavy atom. The fourth-order valence-electron chi connectivity index (χ4n) is 4.54. The van der Waals surface area contributed by atoms with E-state index in [1.165, 1.54) is 0 Å². The van der Waals surface area contributed by atoms with Gasteiger partial charge < -0.3 is 19.7 Å². The first-order valence-electron chi connectivity index (χ1n) is 10.9. The maximum atomic E-state index is 13.3. The molecule has 29 heavy (non-hydrogen) atoms. The van der Waals surface area contributed by atoms with E-state index in [9.17, 15) is 9.59 Å². The third kappa shape index (κ3) is 4.67. The number of furan rings is 1. The lowest BCUT2D eigenvalue weighted by Gasteiger charge is -2.51. The lowest BCUT2D eigenvalue weighted by Crippen LogP contribution is -2.73. The minimum Gasteiger partial charge on any atom is -0.462 e. The van der Waals surface area contributed by atoms with Gasteiger partial charge in [0.15, 0.2) is 0 Å². The van der Waals surface area contributed by atoms with Crippen LogP contribution in [-0.2, 0) is 22.7 Å². The van der Waals surface area contributed by atoms with E-state index in [0.29, 0.717) is 44.0 Å². The summed E-state index contributed by atoms with van der Waals surface area (Å²) in [6, 6.07) is 3.27. The predicted molar refractivity (Wildman–Crippen MR) is 110 cm³/mol. The quantitative estimate of drug-likeness (QED) is 0.693. The molecule has 1 aromatic heterocycles. The Hall–Kier alpha value is -1.86. The van der Waals surface area contributed by atoms with E-state index in [1.807, 2.05) is 11.0 Å². The van der Waals surface area contributed by atoms with Crippen molar-refractivity contribution in [3.8, 4) is 0 Å². The van der Waals surface area contributed by atoms with Crippen LogP contribution < -0.4 is 5.32 Å². The largest absolute Gasteiger partial charge is 0.462 e. The molecule has 2 saturated heterocycles. The summed E-state index contributed by atoms with van der Waals surface area (Å²) in [7, 11) is 0. The molecular formula is C22H35N3O4. The van der Waals surface area contributed by atoms with Crippen molar-refractivity contribution in [1.29, 1.82) is 0 Å². The second kappa shape index (κ2) is 9.30. The monoisotopic (exact) mass is 405 g/mol. The number of carbonyl (C=O) groups is 2. The van der Waals surface area contributed by atoms with Gasteiger partial charge >= 0.3 is 0 Å². The van der Waals surface area contributed by atoms with Crippen molar-refractivity contribution in [1.82, 2.24) is 15.1 Å². The number of nitrogens with zero attached hydrogens (tertiary/aromatic N) is 2. The van der Waals surface area contributed by atoms with E-state index < -0.39 is 11.6 Å². The number of amides is 2. The van der Waals surface area contributed by atoms with E-state index in [0.717, 1.165) is 31.7 Å². The molecule has 0 saturated carbocycles. The van der Waals surface area contributed by atoms with Crippen LogP contribution in [0, 0.1) is 5.92 Å². The Morgan fingerprint density at radius 3 is 2.52 bits per heavy atom. The molecule has 0 aliphatic carbocycles. The highest BCUT2D eigenvalue weighted by molar-refractivity contribution is 6.00. The number of piperidine rings is 1. The Kier molecular flexibility index (Phi) is 7.01. The van der Waals surface area contributed by atoms with Crippen LogP contribution in [0.25, 0.3) is 0 Å². The molecule has 3 heterocycles. The number of hydrogen-bond donors (Lipinski definition) is 2. The minimum absolute atomic E-state index is 0.0130. The SMILES string of the molecule is CCCCN1C(=O)C(CC(C)C)NC(=O)C12CCN(Cc1ccc(CO)o1)CC2. The molecule has 2 amide bonds. The number of unbranched alkanes of at least 4 members (excludes halogenated alkanes) is 1. The number of rotatable bonds is 8. The molecule has 7 heteroatoms. The first-order chi connectivity index (χ1) is 13.9. The molecule has 1 atom stereocenters. The molecule has 3 rings (SSSR count). The highest BCUT2D eigenvalue weighted by Gasteiger charge is 2.53. The molecule has 2 fully saturated rings. The number of piperazine rings is 1. The fraction of sp³-hybridized carbons (Fsp3) is 0.727. The molecule has 1 aromatic rings. The van der Waals surface area contributed by atoms with Crippen LogP contribution in [0.5, 0.6) is 0 Å². The first-order valence-corrected chi connectivity index (χ1v) is 10.9. The summed E-state index contributed by atoms with van der Waals surface area (Å²) in [5, 5.41) is 12.2. The number of aliphatic hydroxyl groups excluding tert-OH is 1. The number of hydrogen-bond acceptors (Lipinski definition) is 5. The number of aliphatic hydroxyl groups is 1. The molecule has 2 aliphatic rings. The molecule has 0 bridgehead atoms. The lowest BCUT2D eigenvalue weighted by atomic mass is 9.80. The van der Waals surface area contributed by atoms with Gasteiger partial charge in [-0.1, -0.05) is 27.2 Å². The van der Waals surface area contributed by atoms with Crippen molar-refractivity contribution in [2.24, 2.45) is 5.92 Å². The van der Waals surface area contributed by atoms with Crippen molar-refractivity contribution in [3.63, 3.8) is 0 Å². The van der Waals surface area contributed by atoms with Gasteiger partial charge in [-0.2, -0.15) is 0 Å². The summed E-state index contributed by atoms with van der Waals surface area (Å²) in [5.74, 6) is 1.82. The number of likely N-dealkylation sites (tertiary alicyclic amines) is 1. The van der Waals surface area contributed by atoms with E-state index in [1.54, 1.807) is 6.07 Å². The van der Waals surface area contributed by atoms with Gasteiger partial charge in [0.25, 0.3) is 0 Å². The van der Waals surface area contributed by atoms with Crippen LogP contribution in [0.4, 0.5) is 0 Å². The summed E-state index contributed by atoms with van der Waals surface area (Å²) >= 11 is 0. The van der Waals surface area contributed by atoms with Gasteiger partial charge in [0.1, 0.15) is 29.7 Å². The van der Waals surface area contributed by atoms with Crippen molar-refractivity contribution in [2.75, 3.05) is 19.6 Å². The highest BCUT2D eigenvalue weighted by atomic mass is 16.4. The molecule has 2 N–H and O–H groups in total. The van der Waals surface area contributed by atoms with Crippen LogP contribution in [0.3, 0.4) is 0 Å². The summed E-state index contributed by atoms with van der Waals surface area (Å²) in [4.78, 5) is 30.6. The molecule has 0 radical (unpaired) electrons. The Bertz CT molecular complexity index is 707. The van der Waals surface area contributed by atoms with E-state index >= 15 is 0 Å². The molecule has 1 spiro atoms. The molecule has 0 aromatic carbocycles. The Labute approximate surface area is 173 Å². The van der Waals surface area contributed by atoms with Crippen LogP contribution in [0.2, 0.25) is 0 Å². The first kappa shape index (κ1) is 21.8. The molecule has 2 aliphatic heterocycles. The summed E-state index contributed by atoms with van der Waals surface area (Å²) in [5.41, 5.74) is -0.727. The van der Waals surface area contributed by atoms with E-state index in [4.69, 9.17) is 9.52 Å². The van der Waals surface area contributed by atoms with Crippen molar-refractivity contribution in [3.05, 3.63) is 23.7 Å². The third-order valence-electron chi connectivity index (χ3n) is 6.19. The smallest absolute Gasteiger partial charge is 0.246 e.